The van der Waals surface area contributed by atoms with Crippen LogP contribution in [0.15, 0.2) is 40.9 Å². The SMILES string of the molecule is CCc1cc(-c2nnc(SCC(=O)Nc3ccccc3CC)n2CC2CCCO2)cs1. The largest absolute Gasteiger partial charge is 0.376 e. The van der Waals surface area contributed by atoms with E-state index >= 15 is 0 Å². The highest BCUT2D eigenvalue weighted by molar-refractivity contribution is 7.99. The van der Waals surface area contributed by atoms with Gasteiger partial charge in [0.2, 0.25) is 5.91 Å². The number of rotatable bonds is 9. The maximum atomic E-state index is 12.6. The maximum Gasteiger partial charge on any atom is 0.234 e. The van der Waals surface area contributed by atoms with Crippen molar-refractivity contribution in [1.82, 2.24) is 14.8 Å². The van der Waals surface area contributed by atoms with Gasteiger partial charge >= 0.3 is 0 Å². The molecule has 0 spiro atoms. The van der Waals surface area contributed by atoms with E-state index in [0.29, 0.717) is 6.54 Å². The topological polar surface area (TPSA) is 69.0 Å². The lowest BCUT2D eigenvalue weighted by Crippen LogP contribution is -2.18. The molecule has 1 aromatic carbocycles. The fraction of sp³-hybridized carbons (Fsp3) is 0.435. The van der Waals surface area contributed by atoms with Gasteiger partial charge in [-0.25, -0.2) is 0 Å². The van der Waals surface area contributed by atoms with Crippen molar-refractivity contribution in [2.75, 3.05) is 17.7 Å². The molecule has 1 atom stereocenters. The van der Waals surface area contributed by atoms with E-state index in [-0.39, 0.29) is 17.8 Å². The molecule has 1 N–H and O–H groups in total. The number of thioether (sulfide) groups is 1. The molecule has 1 saturated heterocycles. The Morgan fingerprint density at radius 3 is 2.90 bits per heavy atom. The van der Waals surface area contributed by atoms with Crippen molar-refractivity contribution in [1.29, 1.82) is 0 Å². The number of para-hydroxylation sites is 1. The summed E-state index contributed by atoms with van der Waals surface area (Å²) >= 11 is 3.17. The van der Waals surface area contributed by atoms with E-state index in [0.717, 1.165) is 60.1 Å². The minimum Gasteiger partial charge on any atom is -0.376 e. The summed E-state index contributed by atoms with van der Waals surface area (Å²) in [6.07, 6.45) is 4.18. The second-order valence-corrected chi connectivity index (χ2v) is 9.49. The van der Waals surface area contributed by atoms with Crippen LogP contribution >= 0.6 is 23.1 Å². The minimum absolute atomic E-state index is 0.0390. The molecule has 0 bridgehead atoms. The van der Waals surface area contributed by atoms with Crippen molar-refractivity contribution < 1.29 is 9.53 Å². The van der Waals surface area contributed by atoms with E-state index in [1.54, 1.807) is 11.3 Å². The highest BCUT2D eigenvalue weighted by Gasteiger charge is 2.23. The van der Waals surface area contributed by atoms with E-state index in [2.05, 4.69) is 45.4 Å². The number of aryl methyl sites for hydroxylation is 2. The van der Waals surface area contributed by atoms with E-state index in [1.165, 1.54) is 16.6 Å². The summed E-state index contributed by atoms with van der Waals surface area (Å²) in [6.45, 7) is 5.76. The molecule has 6 nitrogen and oxygen atoms in total. The smallest absolute Gasteiger partial charge is 0.234 e. The monoisotopic (exact) mass is 456 g/mol. The van der Waals surface area contributed by atoms with Crippen LogP contribution in [0, 0.1) is 0 Å². The molecule has 164 valence electrons. The molecular weight excluding hydrogens is 428 g/mol. The van der Waals surface area contributed by atoms with Crippen molar-refractivity contribution in [2.45, 2.75) is 57.3 Å². The van der Waals surface area contributed by atoms with Gasteiger partial charge in [-0.05, 0) is 43.4 Å². The third kappa shape index (κ3) is 5.37. The number of hydrogen-bond acceptors (Lipinski definition) is 6. The van der Waals surface area contributed by atoms with Gasteiger partial charge in [-0.2, -0.15) is 0 Å². The zero-order chi connectivity index (χ0) is 21.6. The number of thiophene rings is 1. The number of aromatic nitrogens is 3. The molecule has 1 fully saturated rings. The average molecular weight is 457 g/mol. The zero-order valence-electron chi connectivity index (χ0n) is 18.0. The van der Waals surface area contributed by atoms with E-state index in [1.807, 2.05) is 24.3 Å². The van der Waals surface area contributed by atoms with Crippen LogP contribution in [0.3, 0.4) is 0 Å². The van der Waals surface area contributed by atoms with Crippen molar-refractivity contribution in [3.05, 3.63) is 46.2 Å². The van der Waals surface area contributed by atoms with E-state index in [9.17, 15) is 4.79 Å². The Balaban J connectivity index is 1.49. The highest BCUT2D eigenvalue weighted by Crippen LogP contribution is 2.30. The molecule has 0 aliphatic carbocycles. The predicted octanol–water partition coefficient (Wildman–Crippen LogP) is 5.04. The lowest BCUT2D eigenvalue weighted by Gasteiger charge is -2.14. The number of amides is 1. The first-order valence-corrected chi connectivity index (χ1v) is 12.7. The number of carbonyl (C=O) groups is 1. The Morgan fingerprint density at radius 1 is 1.29 bits per heavy atom. The third-order valence-electron chi connectivity index (χ3n) is 5.39. The molecule has 3 heterocycles. The number of nitrogens with one attached hydrogen (secondary N) is 1. The van der Waals surface area contributed by atoms with Crippen LogP contribution in [0.5, 0.6) is 0 Å². The summed E-state index contributed by atoms with van der Waals surface area (Å²) in [5.74, 6) is 1.10. The number of hydrogen-bond donors (Lipinski definition) is 1. The van der Waals surface area contributed by atoms with Crippen LogP contribution < -0.4 is 5.32 Å². The van der Waals surface area contributed by atoms with Gasteiger partial charge in [-0.1, -0.05) is 43.8 Å². The van der Waals surface area contributed by atoms with Crippen molar-refractivity contribution in [3.63, 3.8) is 0 Å². The van der Waals surface area contributed by atoms with Crippen LogP contribution in [0.1, 0.15) is 37.1 Å². The molecule has 4 rings (SSSR count). The van der Waals surface area contributed by atoms with Gasteiger partial charge in [-0.3, -0.25) is 9.36 Å². The first-order valence-electron chi connectivity index (χ1n) is 10.8. The Kier molecular flexibility index (Phi) is 7.42. The second-order valence-electron chi connectivity index (χ2n) is 7.55. The summed E-state index contributed by atoms with van der Waals surface area (Å²) in [4.78, 5) is 13.9. The normalized spacial score (nSPS) is 16.0. The van der Waals surface area contributed by atoms with Crippen LogP contribution in [0.2, 0.25) is 0 Å². The number of anilines is 1. The Bertz CT molecular complexity index is 1020. The molecule has 2 aromatic heterocycles. The third-order valence-corrected chi connectivity index (χ3v) is 7.44. The first-order chi connectivity index (χ1) is 15.2. The Hall–Kier alpha value is -2.16. The molecule has 0 saturated carbocycles. The fourth-order valence-corrected chi connectivity index (χ4v) is 5.28. The summed E-state index contributed by atoms with van der Waals surface area (Å²) in [5.41, 5.74) is 3.09. The van der Waals surface area contributed by atoms with Gasteiger partial charge < -0.3 is 10.1 Å². The van der Waals surface area contributed by atoms with Gasteiger partial charge in [0.1, 0.15) is 0 Å². The molecular formula is C23H28N4O2S2. The molecule has 1 unspecified atom stereocenters. The van der Waals surface area contributed by atoms with Crippen LogP contribution in [-0.4, -0.2) is 39.1 Å². The summed E-state index contributed by atoms with van der Waals surface area (Å²) in [6, 6.07) is 10.1. The van der Waals surface area contributed by atoms with Crippen molar-refractivity contribution in [2.24, 2.45) is 0 Å². The van der Waals surface area contributed by atoms with Crippen LogP contribution in [0.4, 0.5) is 5.69 Å². The number of benzene rings is 1. The van der Waals surface area contributed by atoms with Crippen LogP contribution in [0.25, 0.3) is 11.4 Å². The number of ether oxygens (including phenoxy) is 1. The predicted molar refractivity (Wildman–Crippen MR) is 127 cm³/mol. The quantitative estimate of drug-likeness (QED) is 0.457. The van der Waals surface area contributed by atoms with Gasteiger partial charge in [-0.15, -0.1) is 21.5 Å². The maximum absolute atomic E-state index is 12.6. The molecule has 31 heavy (non-hydrogen) atoms. The molecule has 1 aliphatic rings. The molecule has 8 heteroatoms. The highest BCUT2D eigenvalue weighted by atomic mass is 32.2. The van der Waals surface area contributed by atoms with Crippen molar-refractivity contribution >= 4 is 34.7 Å². The lowest BCUT2D eigenvalue weighted by atomic mass is 10.1. The molecule has 0 radical (unpaired) electrons. The minimum atomic E-state index is -0.0390. The van der Waals surface area contributed by atoms with Gasteiger partial charge in [0.05, 0.1) is 18.4 Å². The number of carbonyl (C=O) groups excluding carboxylic acids is 1. The zero-order valence-corrected chi connectivity index (χ0v) is 19.6. The lowest BCUT2D eigenvalue weighted by molar-refractivity contribution is -0.113. The fourth-order valence-electron chi connectivity index (χ4n) is 3.72. The molecule has 3 aromatic rings. The van der Waals surface area contributed by atoms with Gasteiger partial charge in [0.25, 0.3) is 0 Å². The average Bonchev–Trinajstić information content (AvgIpc) is 3.54. The second kappa shape index (κ2) is 10.4. The van der Waals surface area contributed by atoms with E-state index < -0.39 is 0 Å². The summed E-state index contributed by atoms with van der Waals surface area (Å²) < 4.78 is 7.99. The Labute approximate surface area is 191 Å². The first kappa shape index (κ1) is 22.0. The van der Waals surface area contributed by atoms with Crippen molar-refractivity contribution in [3.8, 4) is 11.4 Å². The van der Waals surface area contributed by atoms with E-state index in [4.69, 9.17) is 4.74 Å². The molecule has 1 amide bonds. The standard InChI is InChI=1S/C23H28N4O2S2/c1-3-16-8-5-6-10-20(16)24-21(28)15-31-23-26-25-22(17-12-19(4-2)30-14-17)27(23)13-18-9-7-11-29-18/h5-6,8,10,12,14,18H,3-4,7,9,11,13,15H2,1-2H3,(H,24,28). The molecule has 1 aliphatic heterocycles. The summed E-state index contributed by atoms with van der Waals surface area (Å²) in [5, 5.41) is 14.8. The Morgan fingerprint density at radius 2 is 2.16 bits per heavy atom. The van der Waals surface area contributed by atoms with Gasteiger partial charge in [0, 0.05) is 28.1 Å². The van der Waals surface area contributed by atoms with Gasteiger partial charge in [0.15, 0.2) is 11.0 Å². The van der Waals surface area contributed by atoms with Crippen LogP contribution in [-0.2, 0) is 28.9 Å². The number of nitrogens with zero attached hydrogens (tertiary/aromatic N) is 3. The summed E-state index contributed by atoms with van der Waals surface area (Å²) in [7, 11) is 0.